The first kappa shape index (κ1) is 16.3. The molecule has 1 aliphatic rings. The van der Waals surface area contributed by atoms with Crippen LogP contribution in [0.2, 0.25) is 0 Å². The molecule has 0 aliphatic carbocycles. The van der Waals surface area contributed by atoms with E-state index < -0.39 is 18.4 Å². The van der Waals surface area contributed by atoms with Crippen LogP contribution in [-0.4, -0.2) is 45.2 Å². The van der Waals surface area contributed by atoms with Crippen LogP contribution in [0.5, 0.6) is 0 Å². The van der Waals surface area contributed by atoms with Crippen molar-refractivity contribution in [2.75, 3.05) is 32.8 Å². The van der Waals surface area contributed by atoms with Gasteiger partial charge in [-0.2, -0.15) is 0 Å². The number of ether oxygens (including phenoxy) is 1. The smallest absolute Gasteiger partial charge is 0.261 e. The van der Waals surface area contributed by atoms with Gasteiger partial charge in [0.1, 0.15) is 6.61 Å². The number of rotatable bonds is 7. The molecule has 1 unspecified atom stereocenters. The van der Waals surface area contributed by atoms with Crippen molar-refractivity contribution in [3.63, 3.8) is 0 Å². The van der Waals surface area contributed by atoms with E-state index in [0.717, 1.165) is 25.9 Å². The van der Waals surface area contributed by atoms with Crippen molar-refractivity contribution in [3.05, 3.63) is 0 Å². The predicted octanol–water partition coefficient (Wildman–Crippen LogP) is 1.41. The van der Waals surface area contributed by atoms with Crippen molar-refractivity contribution in [1.29, 1.82) is 0 Å². The van der Waals surface area contributed by atoms with Crippen LogP contribution >= 0.6 is 0 Å². The van der Waals surface area contributed by atoms with Gasteiger partial charge in [-0.3, -0.25) is 4.79 Å². The molecule has 0 aromatic carbocycles. The highest BCUT2D eigenvalue weighted by Crippen LogP contribution is 2.31. The summed E-state index contributed by atoms with van der Waals surface area (Å²) >= 11 is 0. The summed E-state index contributed by atoms with van der Waals surface area (Å²) in [6, 6.07) is 0. The first-order valence-electron chi connectivity index (χ1n) is 6.79. The van der Waals surface area contributed by atoms with E-state index in [4.69, 9.17) is 4.74 Å². The number of piperidine rings is 1. The summed E-state index contributed by atoms with van der Waals surface area (Å²) in [6.45, 7) is 5.54. The quantitative estimate of drug-likeness (QED) is 0.692. The standard InChI is InChI=1S/C13H24F2N2O2/c1-13(2,10-4-3-5-16-8-10)12(18)17-6-7-19-9-11(14)15/h10-11,16H,3-9H2,1-2H3,(H,17,18). The number of nitrogens with one attached hydrogen (secondary N) is 2. The minimum Gasteiger partial charge on any atom is -0.374 e. The third-order valence-electron chi connectivity index (χ3n) is 3.68. The Hall–Kier alpha value is -0.750. The van der Waals surface area contributed by atoms with Gasteiger partial charge >= 0.3 is 0 Å². The Balaban J connectivity index is 2.26. The van der Waals surface area contributed by atoms with Gasteiger partial charge in [0.15, 0.2) is 0 Å². The summed E-state index contributed by atoms with van der Waals surface area (Å²) in [5.74, 6) is 0.269. The number of carbonyl (C=O) groups is 1. The zero-order valence-corrected chi connectivity index (χ0v) is 11.7. The molecule has 0 radical (unpaired) electrons. The van der Waals surface area contributed by atoms with Gasteiger partial charge in [0, 0.05) is 12.0 Å². The Morgan fingerprint density at radius 3 is 2.84 bits per heavy atom. The molecule has 1 saturated heterocycles. The van der Waals surface area contributed by atoms with E-state index in [0.29, 0.717) is 5.92 Å². The number of hydrogen-bond acceptors (Lipinski definition) is 3. The first-order chi connectivity index (χ1) is 8.94. The lowest BCUT2D eigenvalue weighted by atomic mass is 9.74. The zero-order valence-electron chi connectivity index (χ0n) is 11.7. The average Bonchev–Trinajstić information content (AvgIpc) is 2.38. The number of halogens is 2. The van der Waals surface area contributed by atoms with E-state index in [-0.39, 0.29) is 19.1 Å². The van der Waals surface area contributed by atoms with Gasteiger partial charge in [-0.15, -0.1) is 0 Å². The molecule has 0 aromatic rings. The van der Waals surface area contributed by atoms with Crippen LogP contribution in [-0.2, 0) is 9.53 Å². The van der Waals surface area contributed by atoms with Crippen LogP contribution in [0.1, 0.15) is 26.7 Å². The molecule has 1 atom stereocenters. The van der Waals surface area contributed by atoms with Crippen molar-refractivity contribution >= 4 is 5.91 Å². The minimum absolute atomic E-state index is 0.0400. The molecule has 0 aromatic heterocycles. The summed E-state index contributed by atoms with van der Waals surface area (Å²) in [7, 11) is 0. The first-order valence-corrected chi connectivity index (χ1v) is 6.79. The van der Waals surface area contributed by atoms with Gasteiger partial charge in [0.05, 0.1) is 6.61 Å². The molecule has 112 valence electrons. The van der Waals surface area contributed by atoms with E-state index in [9.17, 15) is 13.6 Å². The average molecular weight is 278 g/mol. The van der Waals surface area contributed by atoms with Crippen LogP contribution in [0.3, 0.4) is 0 Å². The molecule has 4 nitrogen and oxygen atoms in total. The Kier molecular flexibility index (Phi) is 6.65. The monoisotopic (exact) mass is 278 g/mol. The molecule has 0 saturated carbocycles. The molecule has 0 spiro atoms. The van der Waals surface area contributed by atoms with E-state index in [1.807, 2.05) is 13.8 Å². The molecule has 1 amide bonds. The number of amides is 1. The fraction of sp³-hybridized carbons (Fsp3) is 0.923. The van der Waals surface area contributed by atoms with Crippen molar-refractivity contribution in [2.24, 2.45) is 11.3 Å². The van der Waals surface area contributed by atoms with E-state index in [1.54, 1.807) is 0 Å². The maximum atomic E-state index is 12.1. The number of carbonyl (C=O) groups excluding carboxylic acids is 1. The molecule has 2 N–H and O–H groups in total. The van der Waals surface area contributed by atoms with Gasteiger partial charge in [0.2, 0.25) is 5.91 Å². The fourth-order valence-corrected chi connectivity index (χ4v) is 2.29. The largest absolute Gasteiger partial charge is 0.374 e. The Morgan fingerprint density at radius 2 is 2.26 bits per heavy atom. The maximum absolute atomic E-state index is 12.1. The molecule has 0 bridgehead atoms. The summed E-state index contributed by atoms with van der Waals surface area (Å²) in [5.41, 5.74) is -0.448. The van der Waals surface area contributed by atoms with Crippen LogP contribution < -0.4 is 10.6 Å². The topological polar surface area (TPSA) is 50.4 Å². The van der Waals surface area contributed by atoms with Crippen LogP contribution in [0.25, 0.3) is 0 Å². The molecule has 1 fully saturated rings. The highest BCUT2D eigenvalue weighted by Gasteiger charge is 2.36. The summed E-state index contributed by atoms with van der Waals surface area (Å²) in [4.78, 5) is 12.1. The second kappa shape index (κ2) is 7.75. The summed E-state index contributed by atoms with van der Waals surface area (Å²) in [5, 5.41) is 6.05. The Bertz CT molecular complexity index is 280. The lowest BCUT2D eigenvalue weighted by Crippen LogP contribution is -2.47. The van der Waals surface area contributed by atoms with Gasteiger partial charge in [-0.05, 0) is 31.8 Å². The lowest BCUT2D eigenvalue weighted by Gasteiger charge is -2.36. The second-order valence-electron chi connectivity index (χ2n) is 5.49. The van der Waals surface area contributed by atoms with E-state index in [2.05, 4.69) is 10.6 Å². The normalized spacial score (nSPS) is 20.6. The molecule has 19 heavy (non-hydrogen) atoms. The maximum Gasteiger partial charge on any atom is 0.261 e. The van der Waals surface area contributed by atoms with Gasteiger partial charge in [-0.1, -0.05) is 13.8 Å². The Morgan fingerprint density at radius 1 is 1.53 bits per heavy atom. The van der Waals surface area contributed by atoms with E-state index in [1.165, 1.54) is 0 Å². The summed E-state index contributed by atoms with van der Waals surface area (Å²) in [6.07, 6.45) is -0.339. The van der Waals surface area contributed by atoms with Crippen molar-refractivity contribution < 1.29 is 18.3 Å². The van der Waals surface area contributed by atoms with Crippen molar-refractivity contribution in [2.45, 2.75) is 33.1 Å². The van der Waals surface area contributed by atoms with Gasteiger partial charge in [-0.25, -0.2) is 8.78 Å². The third-order valence-corrected chi connectivity index (χ3v) is 3.68. The van der Waals surface area contributed by atoms with Crippen LogP contribution in [0.4, 0.5) is 8.78 Å². The minimum atomic E-state index is -2.46. The lowest BCUT2D eigenvalue weighted by molar-refractivity contribution is -0.132. The summed E-state index contributed by atoms with van der Waals surface area (Å²) < 4.78 is 28.4. The van der Waals surface area contributed by atoms with E-state index >= 15 is 0 Å². The highest BCUT2D eigenvalue weighted by molar-refractivity contribution is 5.82. The third kappa shape index (κ3) is 5.40. The number of alkyl halides is 2. The highest BCUT2D eigenvalue weighted by atomic mass is 19.3. The van der Waals surface area contributed by atoms with Crippen molar-refractivity contribution in [1.82, 2.24) is 10.6 Å². The molecule has 6 heteroatoms. The molecule has 1 aliphatic heterocycles. The van der Waals surface area contributed by atoms with Gasteiger partial charge < -0.3 is 15.4 Å². The Labute approximate surface area is 113 Å². The fourth-order valence-electron chi connectivity index (χ4n) is 2.29. The van der Waals surface area contributed by atoms with Gasteiger partial charge in [0.25, 0.3) is 6.43 Å². The van der Waals surface area contributed by atoms with Crippen LogP contribution in [0, 0.1) is 11.3 Å². The second-order valence-corrected chi connectivity index (χ2v) is 5.49. The molecule has 1 heterocycles. The predicted molar refractivity (Wildman–Crippen MR) is 69.2 cm³/mol. The van der Waals surface area contributed by atoms with Crippen LogP contribution in [0.15, 0.2) is 0 Å². The SMILES string of the molecule is CC(C)(C(=O)NCCOCC(F)F)C1CCCNC1. The molecule has 1 rings (SSSR count). The zero-order chi connectivity index (χ0) is 14.3. The van der Waals surface area contributed by atoms with Crippen molar-refractivity contribution in [3.8, 4) is 0 Å². The number of hydrogen-bond donors (Lipinski definition) is 2. The molecular formula is C13H24F2N2O2. The molecular weight excluding hydrogens is 254 g/mol.